The number of aromatic carboxylic acids is 2. The van der Waals surface area contributed by atoms with Crippen molar-refractivity contribution in [2.45, 2.75) is 44.5 Å². The molecule has 60 heavy (non-hydrogen) atoms. The Morgan fingerprint density at radius 2 is 1.05 bits per heavy atom. The third-order valence-corrected chi connectivity index (χ3v) is 8.94. The topological polar surface area (TPSA) is 226 Å². The van der Waals surface area contributed by atoms with Crippen molar-refractivity contribution in [2.75, 3.05) is 54.0 Å². The molecular formula is C43H53BO15P. The molecule has 2 aliphatic rings. The predicted molar refractivity (Wildman–Crippen MR) is 227 cm³/mol. The van der Waals surface area contributed by atoms with E-state index in [1.54, 1.807) is 49.7 Å². The number of aldehydes is 1. The summed E-state index contributed by atoms with van der Waals surface area (Å²) in [6.07, 6.45) is 12.3. The van der Waals surface area contributed by atoms with Crippen LogP contribution in [0.3, 0.4) is 0 Å². The zero-order valence-corrected chi connectivity index (χ0v) is 35.3. The molecule has 17 heteroatoms. The zero-order chi connectivity index (χ0) is 44.2. The van der Waals surface area contributed by atoms with Crippen LogP contribution in [0.2, 0.25) is 0 Å². The van der Waals surface area contributed by atoms with Crippen LogP contribution < -0.4 is 0 Å². The van der Waals surface area contributed by atoms with Gasteiger partial charge in [0.05, 0.1) is 64.6 Å². The molecule has 0 aromatic heterocycles. The SMILES string of the molecule is C1COC(C2CCCO2)C1.COC(=O)/C=C/c1ccc(C(=O)O)cc1.COC(=O)/C=C/c1ccc(CO)cc1.COC(=O)CP(C)(C)=O.O=Cc1ccc(C(=O)O)cc1.[B]. The van der Waals surface area contributed by atoms with Crippen LogP contribution in [-0.2, 0) is 49.2 Å². The van der Waals surface area contributed by atoms with Crippen LogP contribution in [0.5, 0.6) is 0 Å². The lowest BCUT2D eigenvalue weighted by Crippen LogP contribution is -2.23. The fourth-order valence-electron chi connectivity index (χ4n) is 4.81. The first kappa shape index (κ1) is 54.3. The largest absolute Gasteiger partial charge is 0.478 e. The first-order chi connectivity index (χ1) is 28.0. The van der Waals surface area contributed by atoms with Crippen molar-refractivity contribution >= 4 is 63.8 Å². The Kier molecular flexibility index (Phi) is 27.5. The first-order valence-corrected chi connectivity index (χ1v) is 21.0. The maximum absolute atomic E-state index is 10.9. The van der Waals surface area contributed by atoms with E-state index in [1.165, 1.54) is 95.6 Å². The zero-order valence-electron chi connectivity index (χ0n) is 34.4. The van der Waals surface area contributed by atoms with E-state index in [4.69, 9.17) is 24.8 Å². The number of carbonyl (C=O) groups is 6. The molecule has 3 radical (unpaired) electrons. The van der Waals surface area contributed by atoms with Gasteiger partial charge in [0.15, 0.2) is 0 Å². The molecule has 3 aromatic rings. The second-order valence-electron chi connectivity index (χ2n) is 13.0. The molecule has 2 heterocycles. The predicted octanol–water partition coefficient (Wildman–Crippen LogP) is 5.88. The number of esters is 3. The number of aliphatic hydroxyl groups is 1. The van der Waals surface area contributed by atoms with Crippen LogP contribution in [0.4, 0.5) is 0 Å². The normalized spacial score (nSPS) is 15.1. The van der Waals surface area contributed by atoms with Gasteiger partial charge in [0, 0.05) is 39.3 Å². The van der Waals surface area contributed by atoms with E-state index in [0.29, 0.717) is 24.1 Å². The van der Waals surface area contributed by atoms with E-state index < -0.39 is 31.0 Å². The van der Waals surface area contributed by atoms with Gasteiger partial charge < -0.3 is 43.6 Å². The maximum Gasteiger partial charge on any atom is 0.335 e. The van der Waals surface area contributed by atoms with Gasteiger partial charge in [-0.05, 0) is 92.1 Å². The molecule has 0 spiro atoms. The Morgan fingerprint density at radius 1 is 0.667 bits per heavy atom. The first-order valence-electron chi connectivity index (χ1n) is 18.2. The van der Waals surface area contributed by atoms with Crippen molar-refractivity contribution in [3.05, 3.63) is 118 Å². The number of aliphatic hydroxyl groups excluding tert-OH is 1. The summed E-state index contributed by atoms with van der Waals surface area (Å²) in [6.45, 7) is 5.05. The Labute approximate surface area is 352 Å². The minimum atomic E-state index is -2.21. The fraction of sp³-hybridized carbons (Fsp3) is 0.349. The smallest absolute Gasteiger partial charge is 0.335 e. The Balaban J connectivity index is 0.000000731. The standard InChI is InChI=1S/C11H10O4.C11H12O3.C8H6O3.C8H14O2.C5H11O3P.B/c1-15-10(12)7-4-8-2-5-9(6-3-8)11(13)14;1-14-11(13)7-6-9-2-4-10(8-12)5-3-9;9-5-6-1-3-7(4-2-6)8(10)11;1-3-7(9-5-1)8-4-2-6-10-8;1-8-5(6)4-9(2,3)7;/h2-7H,1H3,(H,13,14);2-7,12H,8H2,1H3;1-5H,(H,10,11);7-8H,1-6H2;4H2,1-3H3;/b7-4+;7-6+;;;;. The van der Waals surface area contributed by atoms with Crippen LogP contribution in [0, 0.1) is 0 Å². The Morgan fingerprint density at radius 3 is 1.32 bits per heavy atom. The highest BCUT2D eigenvalue weighted by Gasteiger charge is 2.29. The number of rotatable bonds is 11. The van der Waals surface area contributed by atoms with Crippen LogP contribution in [0.1, 0.15) is 73.4 Å². The lowest BCUT2D eigenvalue weighted by atomic mass is 10.1. The summed E-state index contributed by atoms with van der Waals surface area (Å²) >= 11 is 0. The van der Waals surface area contributed by atoms with Crippen LogP contribution >= 0.6 is 7.14 Å². The number of hydrogen-bond acceptors (Lipinski definition) is 13. The number of methoxy groups -OCH3 is 3. The van der Waals surface area contributed by atoms with E-state index in [9.17, 15) is 33.3 Å². The molecule has 0 bridgehead atoms. The Bertz CT molecular complexity index is 1840. The van der Waals surface area contributed by atoms with Crippen molar-refractivity contribution in [2.24, 2.45) is 0 Å². The summed E-state index contributed by atoms with van der Waals surface area (Å²) in [7, 11) is 1.70. The van der Waals surface area contributed by atoms with Crippen molar-refractivity contribution in [3.8, 4) is 0 Å². The summed E-state index contributed by atoms with van der Waals surface area (Å²) in [5.41, 5.74) is 3.37. The molecule has 2 aliphatic heterocycles. The summed E-state index contributed by atoms with van der Waals surface area (Å²) in [5.74, 6) is -3.18. The lowest BCUT2D eigenvalue weighted by Gasteiger charge is -2.15. The van der Waals surface area contributed by atoms with Gasteiger partial charge in [0.2, 0.25) is 0 Å². The number of carboxylic acid groups (broad SMARTS) is 2. The summed E-state index contributed by atoms with van der Waals surface area (Å²) in [5, 5.41) is 25.9. The van der Waals surface area contributed by atoms with Gasteiger partial charge in [0.1, 0.15) is 6.29 Å². The molecule has 5 rings (SSSR count). The highest BCUT2D eigenvalue weighted by molar-refractivity contribution is 7.63. The molecule has 3 aromatic carbocycles. The van der Waals surface area contributed by atoms with Gasteiger partial charge in [-0.15, -0.1) is 0 Å². The van der Waals surface area contributed by atoms with Crippen molar-refractivity contribution in [1.82, 2.24) is 0 Å². The van der Waals surface area contributed by atoms with Crippen molar-refractivity contribution in [3.63, 3.8) is 0 Å². The second-order valence-corrected chi connectivity index (χ2v) is 16.5. The molecule has 2 unspecified atom stereocenters. The highest BCUT2D eigenvalue weighted by Crippen LogP contribution is 2.35. The van der Waals surface area contributed by atoms with Gasteiger partial charge >= 0.3 is 29.8 Å². The van der Waals surface area contributed by atoms with E-state index >= 15 is 0 Å². The molecule has 323 valence electrons. The molecule has 2 atom stereocenters. The molecule has 2 fully saturated rings. The van der Waals surface area contributed by atoms with E-state index in [0.717, 1.165) is 29.9 Å². The van der Waals surface area contributed by atoms with E-state index in [2.05, 4.69) is 14.2 Å². The monoisotopic (exact) mass is 851 g/mol. The minimum Gasteiger partial charge on any atom is -0.478 e. The van der Waals surface area contributed by atoms with E-state index in [-0.39, 0.29) is 38.3 Å². The molecule has 0 aliphatic carbocycles. The van der Waals surface area contributed by atoms with Crippen molar-refractivity contribution in [1.29, 1.82) is 0 Å². The van der Waals surface area contributed by atoms with Gasteiger partial charge in [-0.2, -0.15) is 0 Å². The molecular weight excluding hydrogens is 798 g/mol. The van der Waals surface area contributed by atoms with Gasteiger partial charge in [-0.25, -0.2) is 19.2 Å². The maximum atomic E-state index is 10.9. The van der Waals surface area contributed by atoms with Crippen LogP contribution in [0.15, 0.2) is 84.9 Å². The molecule has 3 N–H and O–H groups in total. The summed E-state index contributed by atoms with van der Waals surface area (Å²) in [4.78, 5) is 62.9. The molecule has 15 nitrogen and oxygen atoms in total. The van der Waals surface area contributed by atoms with Gasteiger partial charge in [0.25, 0.3) is 0 Å². The average molecular weight is 852 g/mol. The number of carbonyl (C=O) groups excluding carboxylic acids is 4. The summed E-state index contributed by atoms with van der Waals surface area (Å²) in [6, 6.07) is 19.2. The van der Waals surface area contributed by atoms with Crippen molar-refractivity contribution < 1.29 is 72.3 Å². The lowest BCUT2D eigenvalue weighted by molar-refractivity contribution is -0.138. The van der Waals surface area contributed by atoms with Gasteiger partial charge in [-0.3, -0.25) is 9.59 Å². The van der Waals surface area contributed by atoms with E-state index in [1.807, 2.05) is 12.1 Å². The number of hydrogen-bond donors (Lipinski definition) is 3. The number of carboxylic acids is 2. The third kappa shape index (κ3) is 24.3. The molecule has 0 saturated carbocycles. The average Bonchev–Trinajstić information content (AvgIpc) is 3.98. The van der Waals surface area contributed by atoms with Crippen LogP contribution in [0.25, 0.3) is 12.2 Å². The molecule has 0 amide bonds. The molecule has 2 saturated heterocycles. The quantitative estimate of drug-likeness (QED) is 0.0511. The van der Waals surface area contributed by atoms with Gasteiger partial charge in [-0.1, -0.05) is 48.5 Å². The number of ether oxygens (including phenoxy) is 5. The highest BCUT2D eigenvalue weighted by atomic mass is 31.2. The fourth-order valence-corrected chi connectivity index (χ4v) is 5.56. The Hall–Kier alpha value is -5.67. The second kappa shape index (κ2) is 30.4. The number of benzene rings is 3. The van der Waals surface area contributed by atoms with Crippen LogP contribution in [-0.4, -0.2) is 126 Å². The summed E-state index contributed by atoms with van der Waals surface area (Å²) < 4.78 is 35.1. The minimum absolute atomic E-state index is 0. The third-order valence-electron chi connectivity index (χ3n) is 7.92.